The number of benzene rings is 1. The second-order valence-corrected chi connectivity index (χ2v) is 6.74. The highest BCUT2D eigenvalue weighted by atomic mass is 32.2. The quantitative estimate of drug-likeness (QED) is 0.869. The first kappa shape index (κ1) is 15.7. The number of hydrogen-bond donors (Lipinski definition) is 1. The van der Waals surface area contributed by atoms with Crippen LogP contribution in [-0.4, -0.2) is 26.8 Å². The van der Waals surface area contributed by atoms with Crippen LogP contribution < -0.4 is 10.5 Å². The summed E-state index contributed by atoms with van der Waals surface area (Å²) in [6.07, 6.45) is 1.22. The number of hydrogen-bond acceptors (Lipinski definition) is 4. The lowest BCUT2D eigenvalue weighted by Gasteiger charge is -2.09. The third-order valence-electron chi connectivity index (χ3n) is 2.49. The average Bonchev–Trinajstić information content (AvgIpc) is 2.37. The van der Waals surface area contributed by atoms with Crippen LogP contribution in [0, 0.1) is 0 Å². The molecule has 2 N–H and O–H groups in total. The maximum atomic E-state index is 13.0. The van der Waals surface area contributed by atoms with Crippen molar-refractivity contribution in [2.75, 3.05) is 13.2 Å². The molecule has 0 saturated heterocycles. The van der Waals surface area contributed by atoms with Crippen molar-refractivity contribution in [2.45, 2.75) is 24.0 Å². The Morgan fingerprint density at radius 1 is 1.37 bits per heavy atom. The van der Waals surface area contributed by atoms with E-state index in [0.717, 1.165) is 0 Å². The van der Waals surface area contributed by atoms with Crippen LogP contribution in [0.2, 0.25) is 0 Å². The summed E-state index contributed by atoms with van der Waals surface area (Å²) in [7, 11) is -3.29. The lowest BCUT2D eigenvalue weighted by atomic mass is 10.3. The maximum absolute atomic E-state index is 13.0. The third kappa shape index (κ3) is 4.33. The summed E-state index contributed by atoms with van der Waals surface area (Å²) in [5, 5.41) is -0.482. The highest BCUT2D eigenvalue weighted by Crippen LogP contribution is 2.20. The van der Waals surface area contributed by atoms with E-state index in [1.165, 1.54) is 30.3 Å². The van der Waals surface area contributed by atoms with E-state index >= 15 is 0 Å². The summed E-state index contributed by atoms with van der Waals surface area (Å²) in [4.78, 5) is 0.229. The van der Waals surface area contributed by atoms with E-state index in [2.05, 4.69) is 0 Å². The molecule has 0 saturated carbocycles. The van der Waals surface area contributed by atoms with Crippen LogP contribution in [0.3, 0.4) is 0 Å². The minimum absolute atomic E-state index is 0.112. The van der Waals surface area contributed by atoms with Crippen molar-refractivity contribution in [3.8, 4) is 5.75 Å². The van der Waals surface area contributed by atoms with Gasteiger partial charge < -0.3 is 10.5 Å². The normalized spacial score (nSPS) is 12.8. The molecule has 106 valence electrons. The van der Waals surface area contributed by atoms with Crippen molar-refractivity contribution < 1.29 is 17.5 Å². The SMILES string of the molecule is CC(C)S(=O)(=O)c1ccc(OCC(F)=CCN)cc1. The van der Waals surface area contributed by atoms with Crippen LogP contribution in [0.25, 0.3) is 0 Å². The molecule has 1 rings (SSSR count). The molecule has 0 amide bonds. The third-order valence-corrected chi connectivity index (χ3v) is 4.66. The Morgan fingerprint density at radius 2 is 1.95 bits per heavy atom. The minimum Gasteiger partial charge on any atom is -0.487 e. The Labute approximate surface area is 113 Å². The van der Waals surface area contributed by atoms with Gasteiger partial charge in [-0.15, -0.1) is 0 Å². The molecule has 0 aliphatic heterocycles. The molecule has 0 spiro atoms. The first-order valence-electron chi connectivity index (χ1n) is 5.89. The molecule has 0 aromatic heterocycles. The summed E-state index contributed by atoms with van der Waals surface area (Å²) in [6, 6.07) is 5.92. The molecular weight excluding hydrogens is 269 g/mol. The molecule has 0 heterocycles. The van der Waals surface area contributed by atoms with E-state index < -0.39 is 20.9 Å². The van der Waals surface area contributed by atoms with E-state index in [0.29, 0.717) is 5.75 Å². The van der Waals surface area contributed by atoms with Crippen molar-refractivity contribution in [3.63, 3.8) is 0 Å². The van der Waals surface area contributed by atoms with Gasteiger partial charge in [0.1, 0.15) is 18.2 Å². The molecule has 4 nitrogen and oxygen atoms in total. The van der Waals surface area contributed by atoms with Crippen molar-refractivity contribution in [3.05, 3.63) is 36.2 Å². The second-order valence-electron chi connectivity index (χ2n) is 4.24. The molecule has 1 aromatic rings. The largest absolute Gasteiger partial charge is 0.487 e. The number of ether oxygens (including phenoxy) is 1. The fourth-order valence-electron chi connectivity index (χ4n) is 1.34. The zero-order valence-electron chi connectivity index (χ0n) is 11.0. The van der Waals surface area contributed by atoms with Gasteiger partial charge in [-0.2, -0.15) is 0 Å². The minimum atomic E-state index is -3.29. The van der Waals surface area contributed by atoms with Gasteiger partial charge in [-0.3, -0.25) is 0 Å². The maximum Gasteiger partial charge on any atom is 0.180 e. The van der Waals surface area contributed by atoms with Gasteiger partial charge in [0.25, 0.3) is 0 Å². The summed E-state index contributed by atoms with van der Waals surface area (Å²) in [6.45, 7) is 3.13. The molecule has 0 bridgehead atoms. The Hall–Kier alpha value is -1.40. The molecule has 0 atom stereocenters. The monoisotopic (exact) mass is 287 g/mol. The predicted molar refractivity (Wildman–Crippen MR) is 72.5 cm³/mol. The lowest BCUT2D eigenvalue weighted by Crippen LogP contribution is -2.13. The van der Waals surface area contributed by atoms with Crippen molar-refractivity contribution in [2.24, 2.45) is 5.73 Å². The predicted octanol–water partition coefficient (Wildman–Crippen LogP) is 2.06. The van der Waals surface area contributed by atoms with Crippen molar-refractivity contribution >= 4 is 9.84 Å². The van der Waals surface area contributed by atoms with Crippen LogP contribution in [0.4, 0.5) is 4.39 Å². The highest BCUT2D eigenvalue weighted by Gasteiger charge is 2.18. The molecule has 1 aromatic carbocycles. The van der Waals surface area contributed by atoms with Gasteiger partial charge in [-0.05, 0) is 44.2 Å². The van der Waals surface area contributed by atoms with E-state index in [1.807, 2.05) is 0 Å². The standard InChI is InChI=1S/C13H18FNO3S/c1-10(2)19(16,17)13-5-3-12(4-6-13)18-9-11(14)7-8-15/h3-7,10H,8-9,15H2,1-2H3. The smallest absolute Gasteiger partial charge is 0.180 e. The lowest BCUT2D eigenvalue weighted by molar-refractivity contribution is 0.318. The summed E-state index contributed by atoms with van der Waals surface area (Å²) in [5.74, 6) is -0.0512. The second kappa shape index (κ2) is 6.68. The number of nitrogens with two attached hydrogens (primary N) is 1. The Balaban J connectivity index is 2.75. The molecule has 0 unspecified atom stereocenters. The van der Waals surface area contributed by atoms with Gasteiger partial charge in [0, 0.05) is 6.54 Å². The van der Waals surface area contributed by atoms with E-state index in [4.69, 9.17) is 10.5 Å². The first-order chi connectivity index (χ1) is 8.87. The molecular formula is C13H18FNO3S. The first-order valence-corrected chi connectivity index (χ1v) is 7.44. The van der Waals surface area contributed by atoms with Crippen LogP contribution >= 0.6 is 0 Å². The Morgan fingerprint density at radius 3 is 2.42 bits per heavy atom. The molecule has 0 radical (unpaired) electrons. The number of halogens is 1. The van der Waals surface area contributed by atoms with Crippen LogP contribution in [0.1, 0.15) is 13.8 Å². The van der Waals surface area contributed by atoms with Crippen LogP contribution in [0.5, 0.6) is 5.75 Å². The summed E-state index contributed by atoms with van der Waals surface area (Å²) in [5.41, 5.74) is 5.16. The van der Waals surface area contributed by atoms with Gasteiger partial charge >= 0.3 is 0 Å². The molecule has 0 fully saturated rings. The molecule has 0 aliphatic rings. The van der Waals surface area contributed by atoms with E-state index in [-0.39, 0.29) is 18.0 Å². The van der Waals surface area contributed by atoms with Crippen molar-refractivity contribution in [1.29, 1.82) is 0 Å². The number of sulfone groups is 1. The molecule has 19 heavy (non-hydrogen) atoms. The van der Waals surface area contributed by atoms with Crippen molar-refractivity contribution in [1.82, 2.24) is 0 Å². The molecule has 6 heteroatoms. The Bertz CT molecular complexity index is 536. The highest BCUT2D eigenvalue weighted by molar-refractivity contribution is 7.92. The van der Waals surface area contributed by atoms with Gasteiger partial charge in [-0.25, -0.2) is 12.8 Å². The average molecular weight is 287 g/mol. The zero-order valence-corrected chi connectivity index (χ0v) is 11.8. The van der Waals surface area contributed by atoms with Gasteiger partial charge in [0.05, 0.1) is 10.1 Å². The van der Waals surface area contributed by atoms with Crippen LogP contribution in [-0.2, 0) is 9.84 Å². The fourth-order valence-corrected chi connectivity index (χ4v) is 2.40. The topological polar surface area (TPSA) is 69.4 Å². The van der Waals surface area contributed by atoms with Gasteiger partial charge in [0.15, 0.2) is 9.84 Å². The summed E-state index contributed by atoms with van der Waals surface area (Å²) < 4.78 is 41.9. The summed E-state index contributed by atoms with van der Waals surface area (Å²) >= 11 is 0. The van der Waals surface area contributed by atoms with Gasteiger partial charge in [-0.1, -0.05) is 0 Å². The zero-order chi connectivity index (χ0) is 14.5. The Kier molecular flexibility index (Phi) is 5.50. The van der Waals surface area contributed by atoms with E-state index in [9.17, 15) is 12.8 Å². The van der Waals surface area contributed by atoms with Crippen LogP contribution in [0.15, 0.2) is 41.1 Å². The molecule has 0 aliphatic carbocycles. The fraction of sp³-hybridized carbons (Fsp3) is 0.385. The number of rotatable bonds is 6. The van der Waals surface area contributed by atoms with Gasteiger partial charge in [0.2, 0.25) is 0 Å². The van der Waals surface area contributed by atoms with E-state index in [1.54, 1.807) is 13.8 Å².